The lowest BCUT2D eigenvalue weighted by Crippen LogP contribution is -2.19. The molecule has 20 heavy (non-hydrogen) atoms. The molecule has 1 aromatic heterocycles. The second kappa shape index (κ2) is 6.88. The van der Waals surface area contributed by atoms with Crippen molar-refractivity contribution >= 4 is 51.4 Å². The predicted octanol–water partition coefficient (Wildman–Crippen LogP) is 4.44. The number of carbonyl (C=O) groups is 1. The minimum Gasteiger partial charge on any atom is -0.306 e. The fourth-order valence-corrected chi connectivity index (χ4v) is 2.75. The first kappa shape index (κ1) is 15.0. The van der Waals surface area contributed by atoms with Crippen LogP contribution in [0.1, 0.15) is 18.4 Å². The van der Waals surface area contributed by atoms with Gasteiger partial charge in [0, 0.05) is 11.4 Å². The molecule has 0 unspecified atom stereocenters. The van der Waals surface area contributed by atoms with Crippen LogP contribution in [0, 0.1) is 0 Å². The maximum Gasteiger partial charge on any atom is 0.325 e. The van der Waals surface area contributed by atoms with Crippen LogP contribution in [-0.4, -0.2) is 16.2 Å². The van der Waals surface area contributed by atoms with Gasteiger partial charge in [0.25, 0.3) is 0 Å². The zero-order valence-corrected chi connectivity index (χ0v) is 12.9. The first-order valence-corrected chi connectivity index (χ1v) is 7.51. The Bertz CT molecular complexity index is 617. The topological polar surface area (TPSA) is 66.9 Å². The van der Waals surface area contributed by atoms with Gasteiger partial charge in [-0.15, -0.1) is 10.2 Å². The summed E-state index contributed by atoms with van der Waals surface area (Å²) in [5.41, 5.74) is 0.479. The van der Waals surface area contributed by atoms with Crippen molar-refractivity contribution in [1.29, 1.82) is 0 Å². The molecule has 0 aliphatic rings. The maximum absolute atomic E-state index is 11.8. The second-order valence-electron chi connectivity index (χ2n) is 3.95. The summed E-state index contributed by atoms with van der Waals surface area (Å²) < 4.78 is 0. The van der Waals surface area contributed by atoms with Gasteiger partial charge in [-0.3, -0.25) is 5.32 Å². The Labute approximate surface area is 130 Å². The lowest BCUT2D eigenvalue weighted by molar-refractivity contribution is 0.262. The van der Waals surface area contributed by atoms with Crippen LogP contribution in [0.5, 0.6) is 0 Å². The minimum absolute atomic E-state index is 0.372. The van der Waals surface area contributed by atoms with Gasteiger partial charge in [-0.05, 0) is 24.6 Å². The molecule has 0 saturated carbocycles. The zero-order chi connectivity index (χ0) is 14.5. The highest BCUT2D eigenvalue weighted by molar-refractivity contribution is 7.15. The monoisotopic (exact) mass is 330 g/mol. The normalized spacial score (nSPS) is 10.3. The van der Waals surface area contributed by atoms with Crippen LogP contribution in [0.2, 0.25) is 10.0 Å². The van der Waals surface area contributed by atoms with E-state index in [0.29, 0.717) is 20.9 Å². The van der Waals surface area contributed by atoms with Crippen LogP contribution in [0.4, 0.5) is 15.6 Å². The first-order chi connectivity index (χ1) is 9.58. The number of urea groups is 1. The Morgan fingerprint density at radius 2 is 2.10 bits per heavy atom. The van der Waals surface area contributed by atoms with E-state index in [0.717, 1.165) is 17.8 Å². The van der Waals surface area contributed by atoms with E-state index in [2.05, 4.69) is 27.8 Å². The number of rotatable bonds is 4. The molecule has 2 aromatic rings. The Morgan fingerprint density at radius 1 is 1.30 bits per heavy atom. The molecule has 0 aliphatic heterocycles. The van der Waals surface area contributed by atoms with Crippen molar-refractivity contribution in [1.82, 2.24) is 10.2 Å². The SMILES string of the molecule is CCCc1nnc(NC(=O)Nc2ccc(Cl)cc2Cl)s1. The standard InChI is InChI=1S/C12H12Cl2N4OS/c1-2-3-10-17-18-12(20-10)16-11(19)15-9-5-4-7(13)6-8(9)14/h4-6H,2-3H2,1H3,(H2,15,16,18,19). The van der Waals surface area contributed by atoms with Crippen LogP contribution in [0.15, 0.2) is 18.2 Å². The molecule has 1 aromatic carbocycles. The number of amides is 2. The van der Waals surface area contributed by atoms with Crippen LogP contribution in [0.3, 0.4) is 0 Å². The van der Waals surface area contributed by atoms with Crippen molar-refractivity contribution in [3.05, 3.63) is 33.3 Å². The van der Waals surface area contributed by atoms with Crippen molar-refractivity contribution in [3.8, 4) is 0 Å². The number of benzene rings is 1. The molecule has 0 aliphatic carbocycles. The third-order valence-corrected chi connectivity index (χ3v) is 3.78. The average molecular weight is 331 g/mol. The first-order valence-electron chi connectivity index (χ1n) is 5.94. The molecule has 2 rings (SSSR count). The number of anilines is 2. The van der Waals surface area contributed by atoms with Crippen LogP contribution >= 0.6 is 34.5 Å². The molecule has 8 heteroatoms. The van der Waals surface area contributed by atoms with E-state index in [1.807, 2.05) is 0 Å². The quantitative estimate of drug-likeness (QED) is 0.870. The van der Waals surface area contributed by atoms with Crippen LogP contribution in [0.25, 0.3) is 0 Å². The van der Waals surface area contributed by atoms with Gasteiger partial charge in [-0.25, -0.2) is 4.79 Å². The molecule has 0 atom stereocenters. The van der Waals surface area contributed by atoms with Gasteiger partial charge in [0.15, 0.2) is 0 Å². The summed E-state index contributed by atoms with van der Waals surface area (Å²) in [6.07, 6.45) is 1.84. The van der Waals surface area contributed by atoms with Crippen molar-refractivity contribution in [2.24, 2.45) is 0 Å². The summed E-state index contributed by atoms with van der Waals surface area (Å²) in [6.45, 7) is 2.06. The van der Waals surface area contributed by atoms with Gasteiger partial charge < -0.3 is 5.32 Å². The molecular formula is C12H12Cl2N4OS. The van der Waals surface area contributed by atoms with E-state index in [1.54, 1.807) is 18.2 Å². The Balaban J connectivity index is 1.97. The maximum atomic E-state index is 11.8. The van der Waals surface area contributed by atoms with Gasteiger partial charge in [0.05, 0.1) is 10.7 Å². The number of hydrogen-bond acceptors (Lipinski definition) is 4. The Morgan fingerprint density at radius 3 is 2.80 bits per heavy atom. The summed E-state index contributed by atoms with van der Waals surface area (Å²) in [7, 11) is 0. The number of aromatic nitrogens is 2. The molecule has 0 bridgehead atoms. The number of halogens is 2. The molecular weight excluding hydrogens is 319 g/mol. The molecule has 2 amide bonds. The van der Waals surface area contributed by atoms with E-state index in [-0.39, 0.29) is 0 Å². The third-order valence-electron chi connectivity index (χ3n) is 2.33. The fraction of sp³-hybridized carbons (Fsp3) is 0.250. The van der Waals surface area contributed by atoms with E-state index >= 15 is 0 Å². The molecule has 0 saturated heterocycles. The highest BCUT2D eigenvalue weighted by Gasteiger charge is 2.09. The fourth-order valence-electron chi connectivity index (χ4n) is 1.46. The van der Waals surface area contributed by atoms with Crippen LogP contribution < -0.4 is 10.6 Å². The predicted molar refractivity (Wildman–Crippen MR) is 83.0 cm³/mol. The van der Waals surface area contributed by atoms with E-state index < -0.39 is 6.03 Å². The summed E-state index contributed by atoms with van der Waals surface area (Å²) in [5.74, 6) is 0. The van der Waals surface area contributed by atoms with E-state index in [9.17, 15) is 4.79 Å². The average Bonchev–Trinajstić information content (AvgIpc) is 2.81. The van der Waals surface area contributed by atoms with Gasteiger partial charge >= 0.3 is 6.03 Å². The number of nitrogens with zero attached hydrogens (tertiary/aromatic N) is 2. The summed E-state index contributed by atoms with van der Waals surface area (Å²) in [5, 5.41) is 15.3. The third kappa shape index (κ3) is 4.06. The highest BCUT2D eigenvalue weighted by atomic mass is 35.5. The second-order valence-corrected chi connectivity index (χ2v) is 5.86. The minimum atomic E-state index is -0.423. The summed E-state index contributed by atoms with van der Waals surface area (Å²) >= 11 is 13.1. The summed E-state index contributed by atoms with van der Waals surface area (Å²) in [4.78, 5) is 11.8. The number of nitrogens with one attached hydrogen (secondary N) is 2. The van der Waals surface area contributed by atoms with Gasteiger partial charge in [0.2, 0.25) is 5.13 Å². The Hall–Kier alpha value is -1.37. The van der Waals surface area contributed by atoms with Crippen LogP contribution in [-0.2, 0) is 6.42 Å². The molecule has 0 radical (unpaired) electrons. The number of aryl methyl sites for hydroxylation is 1. The van der Waals surface area contributed by atoms with Crippen molar-refractivity contribution in [3.63, 3.8) is 0 Å². The molecule has 1 heterocycles. The molecule has 5 nitrogen and oxygen atoms in total. The van der Waals surface area contributed by atoms with Gasteiger partial charge in [0.1, 0.15) is 5.01 Å². The van der Waals surface area contributed by atoms with E-state index in [1.165, 1.54) is 11.3 Å². The largest absolute Gasteiger partial charge is 0.325 e. The smallest absolute Gasteiger partial charge is 0.306 e. The highest BCUT2D eigenvalue weighted by Crippen LogP contribution is 2.25. The zero-order valence-electron chi connectivity index (χ0n) is 10.6. The number of hydrogen-bond donors (Lipinski definition) is 2. The Kier molecular flexibility index (Phi) is 5.17. The number of carbonyl (C=O) groups excluding carboxylic acids is 1. The lowest BCUT2D eigenvalue weighted by atomic mass is 10.3. The van der Waals surface area contributed by atoms with Gasteiger partial charge in [-0.2, -0.15) is 0 Å². The molecule has 106 valence electrons. The summed E-state index contributed by atoms with van der Waals surface area (Å²) in [6, 6.07) is 4.41. The van der Waals surface area contributed by atoms with Gasteiger partial charge in [-0.1, -0.05) is 41.5 Å². The molecule has 0 spiro atoms. The molecule has 2 N–H and O–H groups in total. The van der Waals surface area contributed by atoms with Crippen molar-refractivity contribution in [2.45, 2.75) is 19.8 Å². The van der Waals surface area contributed by atoms with E-state index in [4.69, 9.17) is 23.2 Å². The van der Waals surface area contributed by atoms with Crippen molar-refractivity contribution < 1.29 is 4.79 Å². The lowest BCUT2D eigenvalue weighted by Gasteiger charge is -2.07. The van der Waals surface area contributed by atoms with Crippen molar-refractivity contribution in [2.75, 3.05) is 10.6 Å². The molecule has 0 fully saturated rings.